The van der Waals surface area contributed by atoms with Gasteiger partial charge in [0.05, 0.1) is 16.7 Å². The molecule has 4 heteroatoms. The molecule has 0 amide bonds. The molecule has 1 aromatic heterocycles. The maximum atomic E-state index is 5.40. The number of rotatable bonds is 3. The SMILES string of the molecule is CC#CCC(NN)c1csc(C)n1. The van der Waals surface area contributed by atoms with E-state index in [1.165, 1.54) is 0 Å². The van der Waals surface area contributed by atoms with E-state index in [0.29, 0.717) is 6.42 Å². The Morgan fingerprint density at radius 2 is 2.54 bits per heavy atom. The summed E-state index contributed by atoms with van der Waals surface area (Å²) in [4.78, 5) is 4.34. The zero-order chi connectivity index (χ0) is 9.68. The van der Waals surface area contributed by atoms with Gasteiger partial charge < -0.3 is 0 Å². The van der Waals surface area contributed by atoms with Gasteiger partial charge >= 0.3 is 0 Å². The number of nitrogens with zero attached hydrogens (tertiary/aromatic N) is 1. The first-order chi connectivity index (χ1) is 6.27. The summed E-state index contributed by atoms with van der Waals surface area (Å²) in [7, 11) is 0. The lowest BCUT2D eigenvalue weighted by molar-refractivity contribution is 0.555. The number of thiazole rings is 1. The van der Waals surface area contributed by atoms with E-state index in [0.717, 1.165) is 10.7 Å². The molecule has 1 aromatic rings. The van der Waals surface area contributed by atoms with Gasteiger partial charge in [-0.15, -0.1) is 23.2 Å². The molecular weight excluding hydrogens is 182 g/mol. The molecule has 1 atom stereocenters. The number of nitrogens with two attached hydrogens (primary N) is 1. The van der Waals surface area contributed by atoms with Crippen LogP contribution in [0.25, 0.3) is 0 Å². The fraction of sp³-hybridized carbons (Fsp3) is 0.444. The average Bonchev–Trinajstić information content (AvgIpc) is 2.54. The number of hydrogen-bond acceptors (Lipinski definition) is 4. The summed E-state index contributed by atoms with van der Waals surface area (Å²) in [6, 6.07) is 0.0531. The maximum Gasteiger partial charge on any atom is 0.0898 e. The van der Waals surface area contributed by atoms with Crippen molar-refractivity contribution in [3.05, 3.63) is 16.1 Å². The Balaban J connectivity index is 2.70. The summed E-state index contributed by atoms with van der Waals surface area (Å²) in [6.07, 6.45) is 0.705. The highest BCUT2D eigenvalue weighted by atomic mass is 32.1. The van der Waals surface area contributed by atoms with Crippen LogP contribution in [-0.2, 0) is 0 Å². The second-order valence-corrected chi connectivity index (χ2v) is 3.70. The molecule has 1 rings (SSSR count). The normalized spacial score (nSPS) is 11.9. The van der Waals surface area contributed by atoms with Crippen molar-refractivity contribution in [3.8, 4) is 11.8 Å². The Kier molecular flexibility index (Phi) is 3.90. The van der Waals surface area contributed by atoms with Crippen LogP contribution in [0.3, 0.4) is 0 Å². The molecule has 0 saturated heterocycles. The minimum Gasteiger partial charge on any atom is -0.271 e. The van der Waals surface area contributed by atoms with Crippen LogP contribution in [-0.4, -0.2) is 4.98 Å². The van der Waals surface area contributed by atoms with Crippen LogP contribution in [0.15, 0.2) is 5.38 Å². The van der Waals surface area contributed by atoms with Crippen LogP contribution in [0.1, 0.15) is 30.1 Å². The average molecular weight is 195 g/mol. The number of hydrogen-bond donors (Lipinski definition) is 2. The number of aryl methyl sites for hydroxylation is 1. The van der Waals surface area contributed by atoms with Crippen molar-refractivity contribution in [1.29, 1.82) is 0 Å². The summed E-state index contributed by atoms with van der Waals surface area (Å²) < 4.78 is 0. The monoisotopic (exact) mass is 195 g/mol. The minimum atomic E-state index is 0.0531. The Bertz CT molecular complexity index is 321. The minimum absolute atomic E-state index is 0.0531. The molecule has 1 unspecified atom stereocenters. The summed E-state index contributed by atoms with van der Waals surface area (Å²) in [5, 5.41) is 3.07. The van der Waals surface area contributed by atoms with Crippen LogP contribution in [0.5, 0.6) is 0 Å². The predicted molar refractivity (Wildman–Crippen MR) is 55.0 cm³/mol. The molecule has 0 aliphatic rings. The Hall–Kier alpha value is -0.890. The van der Waals surface area contributed by atoms with Gasteiger partial charge in [-0.3, -0.25) is 11.3 Å². The molecule has 0 aliphatic heterocycles. The Morgan fingerprint density at radius 3 is 3.00 bits per heavy atom. The lowest BCUT2D eigenvalue weighted by Gasteiger charge is -2.08. The fourth-order valence-corrected chi connectivity index (χ4v) is 1.66. The van der Waals surface area contributed by atoms with Crippen molar-refractivity contribution in [2.75, 3.05) is 0 Å². The topological polar surface area (TPSA) is 50.9 Å². The van der Waals surface area contributed by atoms with Crippen LogP contribution < -0.4 is 11.3 Å². The van der Waals surface area contributed by atoms with E-state index >= 15 is 0 Å². The van der Waals surface area contributed by atoms with Gasteiger partial charge in [-0.2, -0.15) is 0 Å². The van der Waals surface area contributed by atoms with Crippen molar-refractivity contribution in [2.24, 2.45) is 5.84 Å². The van der Waals surface area contributed by atoms with E-state index in [9.17, 15) is 0 Å². The van der Waals surface area contributed by atoms with Crippen molar-refractivity contribution in [3.63, 3.8) is 0 Å². The van der Waals surface area contributed by atoms with Gasteiger partial charge in [0.15, 0.2) is 0 Å². The predicted octanol–water partition coefficient (Wildman–Crippen LogP) is 1.37. The molecule has 3 N–H and O–H groups in total. The lowest BCUT2D eigenvalue weighted by Crippen LogP contribution is -2.27. The summed E-state index contributed by atoms with van der Waals surface area (Å²) in [5.74, 6) is 11.2. The van der Waals surface area contributed by atoms with Crippen LogP contribution in [0.2, 0.25) is 0 Å². The molecule has 0 bridgehead atoms. The largest absolute Gasteiger partial charge is 0.271 e. The molecule has 0 aromatic carbocycles. The molecule has 0 spiro atoms. The summed E-state index contributed by atoms with van der Waals surface area (Å²) in [5.41, 5.74) is 3.69. The highest BCUT2D eigenvalue weighted by Crippen LogP contribution is 2.17. The van der Waals surface area contributed by atoms with Crippen molar-refractivity contribution >= 4 is 11.3 Å². The zero-order valence-corrected chi connectivity index (χ0v) is 8.61. The van der Waals surface area contributed by atoms with E-state index in [4.69, 9.17) is 5.84 Å². The van der Waals surface area contributed by atoms with Gasteiger partial charge in [-0.1, -0.05) is 0 Å². The Labute approximate surface area is 82.3 Å². The van der Waals surface area contributed by atoms with Gasteiger partial charge in [-0.05, 0) is 13.8 Å². The third-order valence-corrected chi connectivity index (χ3v) is 2.47. The second kappa shape index (κ2) is 4.97. The van der Waals surface area contributed by atoms with Crippen LogP contribution in [0.4, 0.5) is 0 Å². The molecule has 1 heterocycles. The molecule has 0 radical (unpaired) electrons. The molecule has 13 heavy (non-hydrogen) atoms. The number of hydrazine groups is 1. The highest BCUT2D eigenvalue weighted by molar-refractivity contribution is 7.09. The molecule has 0 aliphatic carbocycles. The van der Waals surface area contributed by atoms with Crippen LogP contribution in [0, 0.1) is 18.8 Å². The third kappa shape index (κ3) is 2.81. The molecule has 0 fully saturated rings. The van der Waals surface area contributed by atoms with Gasteiger partial charge in [0, 0.05) is 11.8 Å². The summed E-state index contributed by atoms with van der Waals surface area (Å²) >= 11 is 1.63. The van der Waals surface area contributed by atoms with Crippen LogP contribution >= 0.6 is 11.3 Å². The van der Waals surface area contributed by atoms with Crippen molar-refractivity contribution in [2.45, 2.75) is 26.3 Å². The summed E-state index contributed by atoms with van der Waals surface area (Å²) in [6.45, 7) is 3.80. The van der Waals surface area contributed by atoms with E-state index in [-0.39, 0.29) is 6.04 Å². The first kappa shape index (κ1) is 10.2. The highest BCUT2D eigenvalue weighted by Gasteiger charge is 2.10. The maximum absolute atomic E-state index is 5.40. The Morgan fingerprint density at radius 1 is 1.77 bits per heavy atom. The third-order valence-electron chi connectivity index (χ3n) is 1.68. The quantitative estimate of drug-likeness (QED) is 0.435. The lowest BCUT2D eigenvalue weighted by atomic mass is 10.2. The number of nitrogens with one attached hydrogen (secondary N) is 1. The first-order valence-electron chi connectivity index (χ1n) is 4.05. The molecule has 0 saturated carbocycles. The smallest absolute Gasteiger partial charge is 0.0898 e. The number of aromatic nitrogens is 1. The van der Waals surface area contributed by atoms with Gasteiger partial charge in [0.1, 0.15) is 0 Å². The van der Waals surface area contributed by atoms with E-state index in [2.05, 4.69) is 22.3 Å². The second-order valence-electron chi connectivity index (χ2n) is 2.64. The van der Waals surface area contributed by atoms with Gasteiger partial charge in [0.2, 0.25) is 0 Å². The molecular formula is C9H13N3S. The van der Waals surface area contributed by atoms with Crippen molar-refractivity contribution < 1.29 is 0 Å². The molecule has 3 nitrogen and oxygen atoms in total. The standard InChI is InChI=1S/C9H13N3S/c1-3-4-5-8(12-10)9-6-13-7(2)11-9/h6,8,12H,5,10H2,1-2H3. The first-order valence-corrected chi connectivity index (χ1v) is 4.93. The van der Waals surface area contributed by atoms with Gasteiger partial charge in [0.25, 0.3) is 0 Å². The van der Waals surface area contributed by atoms with E-state index in [1.807, 2.05) is 19.2 Å². The van der Waals surface area contributed by atoms with E-state index in [1.54, 1.807) is 11.3 Å². The zero-order valence-electron chi connectivity index (χ0n) is 7.79. The fourth-order valence-electron chi connectivity index (χ4n) is 0.993. The van der Waals surface area contributed by atoms with E-state index < -0.39 is 0 Å². The van der Waals surface area contributed by atoms with Gasteiger partial charge in [-0.25, -0.2) is 4.98 Å². The molecule has 70 valence electrons. The van der Waals surface area contributed by atoms with Crippen molar-refractivity contribution in [1.82, 2.24) is 10.4 Å².